The molecule has 10 nitrogen and oxygen atoms in total. The molecule has 35 heavy (non-hydrogen) atoms. The van der Waals surface area contributed by atoms with Crippen LogP contribution in [0.2, 0.25) is 0 Å². The molecule has 2 aromatic carbocycles. The first kappa shape index (κ1) is 25.9. The zero-order valence-corrected chi connectivity index (χ0v) is 20.7. The maximum absolute atomic E-state index is 13.0. The van der Waals surface area contributed by atoms with E-state index >= 15 is 0 Å². The van der Waals surface area contributed by atoms with Crippen LogP contribution in [0.1, 0.15) is 22.7 Å². The number of benzene rings is 2. The summed E-state index contributed by atoms with van der Waals surface area (Å²) in [4.78, 5) is 25.8. The van der Waals surface area contributed by atoms with Gasteiger partial charge in [0.25, 0.3) is 11.8 Å². The van der Waals surface area contributed by atoms with Crippen molar-refractivity contribution in [3.05, 3.63) is 53.9 Å². The molecule has 0 aliphatic heterocycles. The number of hydrogen-bond acceptors (Lipinski definition) is 10. The van der Waals surface area contributed by atoms with E-state index < -0.39 is 17.9 Å². The molecule has 0 spiro atoms. The van der Waals surface area contributed by atoms with Gasteiger partial charge in [-0.2, -0.15) is 11.8 Å². The highest BCUT2D eigenvalue weighted by Crippen LogP contribution is 2.38. The van der Waals surface area contributed by atoms with Crippen LogP contribution in [-0.4, -0.2) is 61.5 Å². The van der Waals surface area contributed by atoms with Gasteiger partial charge in [-0.25, -0.2) is 4.79 Å². The first-order chi connectivity index (χ1) is 17.0. The van der Waals surface area contributed by atoms with E-state index in [0.29, 0.717) is 35.3 Å². The second-order valence-corrected chi connectivity index (χ2v) is 8.18. The number of aromatic nitrogens is 2. The topological polar surface area (TPSA) is 122 Å². The van der Waals surface area contributed by atoms with Gasteiger partial charge in [0.2, 0.25) is 11.6 Å². The highest BCUT2D eigenvalue weighted by atomic mass is 32.2. The SMILES string of the molecule is COc1cc(C(=O)N[C@H](CCSC)C(=O)OCc2nnc(-c3ccccc3)o2)cc(OC)c1OC. The van der Waals surface area contributed by atoms with Gasteiger partial charge >= 0.3 is 5.97 Å². The van der Waals surface area contributed by atoms with Crippen molar-refractivity contribution >= 4 is 23.6 Å². The van der Waals surface area contributed by atoms with Gasteiger partial charge in [-0.3, -0.25) is 4.79 Å². The Morgan fingerprint density at radius 2 is 1.71 bits per heavy atom. The van der Waals surface area contributed by atoms with Crippen molar-refractivity contribution in [2.75, 3.05) is 33.3 Å². The van der Waals surface area contributed by atoms with Gasteiger partial charge in [-0.05, 0) is 42.7 Å². The fraction of sp³-hybridized carbons (Fsp3) is 0.333. The van der Waals surface area contributed by atoms with Gasteiger partial charge in [-0.1, -0.05) is 18.2 Å². The van der Waals surface area contributed by atoms with E-state index in [2.05, 4.69) is 15.5 Å². The van der Waals surface area contributed by atoms with Gasteiger partial charge in [-0.15, -0.1) is 10.2 Å². The Balaban J connectivity index is 1.69. The second-order valence-electron chi connectivity index (χ2n) is 7.20. The minimum Gasteiger partial charge on any atom is -0.493 e. The molecule has 0 saturated carbocycles. The lowest BCUT2D eigenvalue weighted by Crippen LogP contribution is -2.42. The number of hydrogen-bond donors (Lipinski definition) is 1. The standard InChI is InChI=1S/C24H27N3O7S/c1-30-18-12-16(13-19(31-2)21(18)32-3)22(28)25-17(10-11-35-4)24(29)33-14-20-26-27-23(34-20)15-8-6-5-7-9-15/h5-9,12-13,17H,10-11,14H2,1-4H3,(H,25,28)/t17-/m1/s1. The molecular formula is C24H27N3O7S. The quantitative estimate of drug-likeness (QED) is 0.370. The molecular weight excluding hydrogens is 474 g/mol. The monoisotopic (exact) mass is 501 g/mol. The molecule has 1 atom stereocenters. The van der Waals surface area contributed by atoms with Gasteiger partial charge in [0, 0.05) is 11.1 Å². The van der Waals surface area contributed by atoms with Crippen molar-refractivity contribution in [3.63, 3.8) is 0 Å². The predicted octanol–water partition coefficient (Wildman–Crippen LogP) is 3.36. The van der Waals surface area contributed by atoms with Crippen molar-refractivity contribution in [3.8, 4) is 28.7 Å². The Bertz CT molecular complexity index is 1110. The lowest BCUT2D eigenvalue weighted by molar-refractivity contribution is -0.148. The van der Waals surface area contributed by atoms with Crippen molar-refractivity contribution < 1.29 is 33.0 Å². The molecule has 0 fully saturated rings. The van der Waals surface area contributed by atoms with E-state index in [-0.39, 0.29) is 18.1 Å². The Kier molecular flexibility index (Phi) is 9.36. The smallest absolute Gasteiger partial charge is 0.329 e. The normalized spacial score (nSPS) is 11.4. The summed E-state index contributed by atoms with van der Waals surface area (Å²) < 4.78 is 26.8. The minimum absolute atomic E-state index is 0.150. The molecule has 3 rings (SSSR count). The van der Waals surface area contributed by atoms with Gasteiger partial charge in [0.05, 0.1) is 21.3 Å². The van der Waals surface area contributed by atoms with Gasteiger partial charge in [0.15, 0.2) is 18.1 Å². The third-order valence-corrected chi connectivity index (χ3v) is 5.60. The lowest BCUT2D eigenvalue weighted by atomic mass is 10.1. The summed E-state index contributed by atoms with van der Waals surface area (Å²) in [7, 11) is 4.39. The van der Waals surface area contributed by atoms with Crippen molar-refractivity contribution in [1.29, 1.82) is 0 Å². The zero-order valence-electron chi connectivity index (χ0n) is 19.9. The van der Waals surface area contributed by atoms with Crippen molar-refractivity contribution in [2.24, 2.45) is 0 Å². The number of amides is 1. The largest absolute Gasteiger partial charge is 0.493 e. The minimum atomic E-state index is -0.884. The van der Waals surface area contributed by atoms with Crippen LogP contribution >= 0.6 is 11.8 Å². The Hall–Kier alpha value is -3.73. The molecule has 0 saturated heterocycles. The predicted molar refractivity (Wildman–Crippen MR) is 130 cm³/mol. The van der Waals surface area contributed by atoms with Crippen LogP contribution in [0, 0.1) is 0 Å². The number of carbonyl (C=O) groups is 2. The third kappa shape index (κ3) is 6.66. The summed E-state index contributed by atoms with van der Waals surface area (Å²) in [5.74, 6) is 1.02. The van der Waals surface area contributed by atoms with Gasteiger partial charge < -0.3 is 28.7 Å². The van der Waals surface area contributed by atoms with Crippen LogP contribution in [0.25, 0.3) is 11.5 Å². The average molecular weight is 502 g/mol. The lowest BCUT2D eigenvalue weighted by Gasteiger charge is -2.18. The summed E-state index contributed by atoms with van der Waals surface area (Å²) in [6.45, 7) is -0.214. The first-order valence-electron chi connectivity index (χ1n) is 10.6. The molecule has 186 valence electrons. The molecule has 1 heterocycles. The molecule has 0 aliphatic carbocycles. The molecule has 1 aromatic heterocycles. The van der Waals surface area contributed by atoms with Crippen molar-refractivity contribution in [1.82, 2.24) is 15.5 Å². The number of nitrogens with one attached hydrogen (secondary N) is 1. The summed E-state index contributed by atoms with van der Waals surface area (Å²) >= 11 is 1.55. The molecule has 1 amide bonds. The molecule has 0 aliphatic rings. The van der Waals surface area contributed by atoms with Crippen LogP contribution in [0.3, 0.4) is 0 Å². The molecule has 0 bridgehead atoms. The van der Waals surface area contributed by atoms with Crippen LogP contribution in [-0.2, 0) is 16.1 Å². The van der Waals surface area contributed by atoms with Crippen LogP contribution in [0.4, 0.5) is 0 Å². The van der Waals surface area contributed by atoms with Crippen LogP contribution in [0.5, 0.6) is 17.2 Å². The fourth-order valence-electron chi connectivity index (χ4n) is 3.18. The highest BCUT2D eigenvalue weighted by Gasteiger charge is 2.25. The average Bonchev–Trinajstić information content (AvgIpc) is 3.38. The van der Waals surface area contributed by atoms with Crippen molar-refractivity contribution in [2.45, 2.75) is 19.1 Å². The first-order valence-corrected chi connectivity index (χ1v) is 12.0. The Morgan fingerprint density at radius 1 is 1.03 bits per heavy atom. The van der Waals surface area contributed by atoms with E-state index in [4.69, 9.17) is 23.4 Å². The van der Waals surface area contributed by atoms with E-state index in [9.17, 15) is 9.59 Å². The fourth-order valence-corrected chi connectivity index (χ4v) is 3.65. The molecule has 11 heteroatoms. The van der Waals surface area contributed by atoms with E-state index in [1.54, 1.807) is 11.8 Å². The van der Waals surface area contributed by atoms with E-state index in [1.807, 2.05) is 36.6 Å². The Labute approximate surface area is 207 Å². The number of methoxy groups -OCH3 is 3. The number of carbonyl (C=O) groups excluding carboxylic acids is 2. The third-order valence-electron chi connectivity index (χ3n) is 4.95. The van der Waals surface area contributed by atoms with E-state index in [0.717, 1.165) is 5.56 Å². The molecule has 1 N–H and O–H groups in total. The summed E-state index contributed by atoms with van der Waals surface area (Å²) in [6, 6.07) is 11.4. The number of rotatable bonds is 12. The van der Waals surface area contributed by atoms with E-state index in [1.165, 1.54) is 33.5 Å². The summed E-state index contributed by atoms with van der Waals surface area (Å²) in [5.41, 5.74) is 0.999. The molecule has 0 radical (unpaired) electrons. The van der Waals surface area contributed by atoms with Crippen LogP contribution < -0.4 is 19.5 Å². The van der Waals surface area contributed by atoms with Gasteiger partial charge in [0.1, 0.15) is 6.04 Å². The second kappa shape index (κ2) is 12.7. The maximum Gasteiger partial charge on any atom is 0.329 e. The highest BCUT2D eigenvalue weighted by molar-refractivity contribution is 7.98. The number of nitrogens with zero attached hydrogens (tertiary/aromatic N) is 2. The summed E-state index contributed by atoms with van der Waals surface area (Å²) in [5, 5.41) is 10.6. The molecule has 3 aromatic rings. The number of esters is 1. The number of thioether (sulfide) groups is 1. The number of ether oxygens (including phenoxy) is 4. The Morgan fingerprint density at radius 3 is 2.31 bits per heavy atom. The zero-order chi connectivity index (χ0) is 25.2. The van der Waals surface area contributed by atoms with Crippen LogP contribution in [0.15, 0.2) is 46.9 Å². The maximum atomic E-state index is 13.0. The molecule has 0 unspecified atom stereocenters. The summed E-state index contributed by atoms with van der Waals surface area (Å²) in [6.07, 6.45) is 2.28.